The predicted octanol–water partition coefficient (Wildman–Crippen LogP) is 21.6. The van der Waals surface area contributed by atoms with Crippen LogP contribution in [-0.2, 0) is 6.42 Å². The van der Waals surface area contributed by atoms with E-state index < -0.39 is 0 Å². The van der Waals surface area contributed by atoms with Gasteiger partial charge in [-0.15, -0.1) is 0 Å². The summed E-state index contributed by atoms with van der Waals surface area (Å²) < 4.78 is 6.08. The van der Waals surface area contributed by atoms with E-state index in [0.29, 0.717) is 0 Å². The van der Waals surface area contributed by atoms with Crippen LogP contribution < -0.4 is 0 Å². The molecule has 0 amide bonds. The predicted molar refractivity (Wildman–Crippen MR) is 367 cm³/mol. The first-order valence-corrected chi connectivity index (χ1v) is 30.3. The van der Waals surface area contributed by atoms with Crippen LogP contribution in [0.15, 0.2) is 279 Å². The molecule has 3 heterocycles. The van der Waals surface area contributed by atoms with Crippen molar-refractivity contribution in [2.45, 2.75) is 6.42 Å². The number of hydrogen-bond acceptors (Lipinski definition) is 2. The number of benzene rings is 12. The molecule has 0 aliphatic heterocycles. The Kier molecular flexibility index (Phi) is 14.0. The maximum Gasteiger partial charge on any atom is 0.145 e. The third kappa shape index (κ3) is 9.56. The van der Waals surface area contributed by atoms with Gasteiger partial charge < -0.3 is 0 Å². The molecule has 3 nitrogen and oxygen atoms in total. The quantitative estimate of drug-likeness (QED) is 0.127. The third-order valence-electron chi connectivity index (χ3n) is 15.6. The lowest BCUT2D eigenvalue weighted by atomic mass is 9.85. The van der Waals surface area contributed by atoms with Gasteiger partial charge in [-0.05, 0) is 251 Å². The average Bonchev–Trinajstić information content (AvgIpc) is 4.30. The fourth-order valence-corrected chi connectivity index (χ4v) is 13.2. The first kappa shape index (κ1) is 51.1. The second kappa shape index (κ2) is 22.1. The largest absolute Gasteiger partial charge is 0.294 e. The maximum absolute atomic E-state index is 4.83. The topological polar surface area (TPSA) is 30.7 Å². The van der Waals surface area contributed by atoms with E-state index in [4.69, 9.17) is 4.98 Å². The van der Waals surface area contributed by atoms with Crippen molar-refractivity contribution in [3.8, 4) is 61.3 Å². The molecule has 3 aromatic heterocycles. The molecule has 6 heteroatoms. The van der Waals surface area contributed by atoms with Gasteiger partial charge >= 0.3 is 0 Å². The van der Waals surface area contributed by atoms with Crippen LogP contribution in [0.4, 0.5) is 0 Å². The van der Waals surface area contributed by atoms with E-state index in [1.54, 1.807) is 0 Å². The Labute approximate surface area is 511 Å². The minimum Gasteiger partial charge on any atom is -0.294 e. The molecule has 0 spiro atoms. The molecule has 15 aromatic rings. The van der Waals surface area contributed by atoms with Gasteiger partial charge in [0.15, 0.2) is 0 Å². The summed E-state index contributed by atoms with van der Waals surface area (Å²) in [5, 5.41) is 12.6. The van der Waals surface area contributed by atoms with Gasteiger partial charge in [0.1, 0.15) is 5.65 Å². The molecule has 1 aliphatic carbocycles. The molecule has 0 radical (unpaired) electrons. The van der Waals surface area contributed by atoms with E-state index in [9.17, 15) is 0 Å². The molecule has 12 aromatic carbocycles. The van der Waals surface area contributed by atoms with E-state index in [-0.39, 0.29) is 0 Å². The number of nitrogens with zero attached hydrogens (tertiary/aromatic N) is 3. The Hall–Kier alpha value is -8.03. The molecular formula is C75H48I3N3. The third-order valence-corrected chi connectivity index (χ3v) is 17.8. The molecule has 0 bridgehead atoms. The van der Waals surface area contributed by atoms with Gasteiger partial charge in [0.2, 0.25) is 0 Å². The molecule has 0 saturated carbocycles. The zero-order chi connectivity index (χ0) is 54.4. The van der Waals surface area contributed by atoms with E-state index in [2.05, 4.69) is 332 Å². The lowest BCUT2D eigenvalue weighted by Gasteiger charge is -2.18. The molecule has 0 unspecified atom stereocenters. The Bertz CT molecular complexity index is 4730. The van der Waals surface area contributed by atoms with E-state index in [0.717, 1.165) is 28.7 Å². The lowest BCUT2D eigenvalue weighted by molar-refractivity contribution is 1.12. The van der Waals surface area contributed by atoms with Crippen molar-refractivity contribution >= 4 is 133 Å². The van der Waals surface area contributed by atoms with Crippen molar-refractivity contribution in [2.24, 2.45) is 0 Å². The number of halogens is 3. The highest BCUT2D eigenvalue weighted by atomic mass is 127. The monoisotopic (exact) mass is 1370 g/mol. The molecule has 81 heavy (non-hydrogen) atoms. The highest BCUT2D eigenvalue weighted by molar-refractivity contribution is 14.1. The fraction of sp³-hybridized carbons (Fsp3) is 0.0133. The van der Waals surface area contributed by atoms with Crippen LogP contribution in [0.2, 0.25) is 0 Å². The molecule has 0 saturated heterocycles. The summed E-state index contributed by atoms with van der Waals surface area (Å²) in [6.45, 7) is 0. The molecule has 16 rings (SSSR count). The van der Waals surface area contributed by atoms with Gasteiger partial charge in [-0.25, -0.2) is 4.98 Å². The summed E-state index contributed by atoms with van der Waals surface area (Å²) in [6, 6.07) is 96.2. The molecule has 384 valence electrons. The minimum atomic E-state index is 0.917. The second-order valence-corrected chi connectivity index (χ2v) is 24.1. The molecule has 0 N–H and O–H groups in total. The Morgan fingerprint density at radius 3 is 1.19 bits per heavy atom. The van der Waals surface area contributed by atoms with Crippen LogP contribution in [0.25, 0.3) is 126 Å². The number of aromatic nitrogens is 3. The second-order valence-electron chi connectivity index (χ2n) is 20.3. The zero-order valence-electron chi connectivity index (χ0n) is 43.7. The molecular weight excluding hydrogens is 1320 g/mol. The summed E-state index contributed by atoms with van der Waals surface area (Å²) in [5.74, 6) is 0. The van der Waals surface area contributed by atoms with Gasteiger partial charge in [-0.3, -0.25) is 9.55 Å². The van der Waals surface area contributed by atoms with Crippen LogP contribution in [0.1, 0.15) is 11.3 Å². The Morgan fingerprint density at radius 2 is 0.691 bits per heavy atom. The zero-order valence-corrected chi connectivity index (χ0v) is 50.2. The number of pyridine rings is 2. The molecule has 0 atom stereocenters. The lowest BCUT2D eigenvalue weighted by Crippen LogP contribution is -1.95. The van der Waals surface area contributed by atoms with Gasteiger partial charge in [0, 0.05) is 51.5 Å². The van der Waals surface area contributed by atoms with Crippen LogP contribution in [0, 0.1) is 10.7 Å². The Morgan fingerprint density at radius 1 is 0.296 bits per heavy atom. The minimum absolute atomic E-state index is 0.917. The van der Waals surface area contributed by atoms with Crippen molar-refractivity contribution in [1.29, 1.82) is 0 Å². The highest BCUT2D eigenvalue weighted by Gasteiger charge is 2.23. The number of hydrogen-bond donors (Lipinski definition) is 0. The summed E-state index contributed by atoms with van der Waals surface area (Å²) >= 11 is 6.94. The van der Waals surface area contributed by atoms with Crippen molar-refractivity contribution in [3.05, 3.63) is 301 Å². The van der Waals surface area contributed by atoms with Gasteiger partial charge in [-0.2, -0.15) is 0 Å². The van der Waals surface area contributed by atoms with E-state index in [1.165, 1.54) is 126 Å². The summed E-state index contributed by atoms with van der Waals surface area (Å²) in [6.07, 6.45) is 4.70. The van der Waals surface area contributed by atoms with Crippen molar-refractivity contribution < 1.29 is 0 Å². The van der Waals surface area contributed by atoms with Crippen LogP contribution in [0.5, 0.6) is 0 Å². The summed E-state index contributed by atoms with van der Waals surface area (Å²) in [5.41, 5.74) is 18.5. The van der Waals surface area contributed by atoms with Crippen molar-refractivity contribution in [1.82, 2.24) is 14.5 Å². The number of rotatable bonds is 5. The van der Waals surface area contributed by atoms with Gasteiger partial charge in [-0.1, -0.05) is 182 Å². The summed E-state index contributed by atoms with van der Waals surface area (Å²) in [4.78, 5) is 9.45. The molecule has 1 aliphatic rings. The first-order valence-electron chi connectivity index (χ1n) is 27.1. The highest BCUT2D eigenvalue weighted by Crippen LogP contribution is 2.47. The number of fused-ring (bicyclic) bond motifs is 10. The van der Waals surface area contributed by atoms with Crippen LogP contribution >= 0.6 is 67.8 Å². The average molecular weight is 1370 g/mol. The van der Waals surface area contributed by atoms with Crippen molar-refractivity contribution in [3.63, 3.8) is 0 Å². The van der Waals surface area contributed by atoms with E-state index in [1.807, 2.05) is 24.5 Å². The fourth-order valence-electron chi connectivity index (χ4n) is 12.1. The SMILES string of the molecule is Ic1ccc(-n2c3ccc(-c4c5ccccc5c(-c5ccccc5)c5ccccc45)cc3c3cccnc32)cc1.Ic1ccc(I)cc1.c1ccc(-c2c3ccccc3c(-c3ccc4c(c3)-c3cccnc3C4)c3ccccc23)cc1. The van der Waals surface area contributed by atoms with Gasteiger partial charge in [0.05, 0.1) is 11.2 Å². The van der Waals surface area contributed by atoms with Crippen LogP contribution in [0.3, 0.4) is 0 Å². The van der Waals surface area contributed by atoms with Gasteiger partial charge in [0.25, 0.3) is 0 Å². The van der Waals surface area contributed by atoms with Crippen molar-refractivity contribution in [2.75, 3.05) is 0 Å². The Balaban J connectivity index is 0.000000130. The van der Waals surface area contributed by atoms with E-state index >= 15 is 0 Å². The summed E-state index contributed by atoms with van der Waals surface area (Å²) in [7, 11) is 0. The van der Waals surface area contributed by atoms with Crippen LogP contribution in [-0.4, -0.2) is 14.5 Å². The molecule has 0 fully saturated rings. The smallest absolute Gasteiger partial charge is 0.145 e. The first-order chi connectivity index (χ1) is 39.9. The normalized spacial score (nSPS) is 11.6. The maximum atomic E-state index is 4.83. The standard InChI is InChI=1S/C37H23IN2.C32H21N.C6H4I2/c38-26-17-19-27(20-18-26)40-34-21-16-25(23-33(34)32-15-8-22-39-37(32)40)36-30-13-6-4-11-28(30)35(24-9-2-1-3-10-24)29-12-5-7-14-31(29)36;1-2-9-21(10-3-1)31-25-11-4-6-13-27(25)32(28-14-7-5-12-26(28)31)23-17-16-22-20-30-24(29(22)19-23)15-8-18-33-30;7-5-1-2-6(8)4-3-5/h1-23H;1-19H,20H2;1-4H.